The smallest absolute Gasteiger partial charge is 0.338 e. The molecule has 1 aromatic carbocycles. The van der Waals surface area contributed by atoms with E-state index in [2.05, 4.69) is 0 Å². The Hall–Kier alpha value is -2.57. The molecule has 0 spiro atoms. The van der Waals surface area contributed by atoms with E-state index in [9.17, 15) is 14.4 Å². The molecule has 0 bridgehead atoms. The van der Waals surface area contributed by atoms with Gasteiger partial charge in [0.1, 0.15) is 5.75 Å². The van der Waals surface area contributed by atoms with Gasteiger partial charge in [-0.3, -0.25) is 10.1 Å². The van der Waals surface area contributed by atoms with E-state index in [1.165, 1.54) is 19.1 Å². The highest BCUT2D eigenvalue weighted by Crippen LogP contribution is 2.14. The van der Waals surface area contributed by atoms with Crippen LogP contribution in [0.4, 0.5) is 4.79 Å². The van der Waals surface area contributed by atoms with Gasteiger partial charge in [0, 0.05) is 0 Å². The first-order valence-electron chi connectivity index (χ1n) is 6.83. The van der Waals surface area contributed by atoms with Crippen molar-refractivity contribution in [1.82, 2.24) is 5.32 Å². The van der Waals surface area contributed by atoms with Crippen molar-refractivity contribution in [2.24, 2.45) is 11.7 Å². The van der Waals surface area contributed by atoms with Crippen molar-refractivity contribution in [3.8, 4) is 5.75 Å². The number of esters is 1. The Kier molecular flexibility index (Phi) is 6.37. The molecular formula is C15H20N2O5. The molecule has 0 aliphatic carbocycles. The molecule has 0 aliphatic heterocycles. The fourth-order valence-corrected chi connectivity index (χ4v) is 1.46. The number of primary amides is 1. The largest absolute Gasteiger partial charge is 0.493 e. The van der Waals surface area contributed by atoms with Crippen LogP contribution in [0.5, 0.6) is 5.75 Å². The van der Waals surface area contributed by atoms with Gasteiger partial charge in [-0.05, 0) is 37.1 Å². The summed E-state index contributed by atoms with van der Waals surface area (Å²) in [6, 6.07) is 5.37. The lowest BCUT2D eigenvalue weighted by molar-refractivity contribution is -0.127. The first-order valence-corrected chi connectivity index (χ1v) is 6.83. The molecule has 7 nitrogen and oxygen atoms in total. The Morgan fingerprint density at radius 1 is 1.14 bits per heavy atom. The van der Waals surface area contributed by atoms with Gasteiger partial charge in [-0.15, -0.1) is 0 Å². The quantitative estimate of drug-likeness (QED) is 0.774. The molecule has 1 atom stereocenters. The number of carbonyl (C=O) groups is 3. The van der Waals surface area contributed by atoms with Crippen LogP contribution in [0.15, 0.2) is 24.3 Å². The van der Waals surface area contributed by atoms with Crippen molar-refractivity contribution < 1.29 is 23.9 Å². The van der Waals surface area contributed by atoms with Gasteiger partial charge in [-0.2, -0.15) is 0 Å². The molecule has 0 unspecified atom stereocenters. The predicted octanol–water partition coefficient (Wildman–Crippen LogP) is 1.46. The van der Waals surface area contributed by atoms with E-state index in [0.29, 0.717) is 18.3 Å². The summed E-state index contributed by atoms with van der Waals surface area (Å²) in [6.07, 6.45) is -1.13. The van der Waals surface area contributed by atoms with E-state index >= 15 is 0 Å². The minimum Gasteiger partial charge on any atom is -0.493 e. The Morgan fingerprint density at radius 3 is 2.23 bits per heavy atom. The van der Waals surface area contributed by atoms with E-state index in [1.54, 1.807) is 12.1 Å². The fourth-order valence-electron chi connectivity index (χ4n) is 1.46. The Labute approximate surface area is 128 Å². The normalized spacial score (nSPS) is 11.6. The van der Waals surface area contributed by atoms with Crippen molar-refractivity contribution in [3.05, 3.63) is 29.8 Å². The molecule has 0 aliphatic rings. The van der Waals surface area contributed by atoms with Gasteiger partial charge in [0.2, 0.25) is 0 Å². The highest BCUT2D eigenvalue weighted by molar-refractivity contribution is 5.98. The molecule has 0 saturated carbocycles. The Morgan fingerprint density at radius 2 is 1.73 bits per heavy atom. The van der Waals surface area contributed by atoms with Crippen LogP contribution < -0.4 is 15.8 Å². The average Bonchev–Trinajstić information content (AvgIpc) is 2.44. The van der Waals surface area contributed by atoms with E-state index in [-0.39, 0.29) is 5.56 Å². The van der Waals surface area contributed by atoms with Crippen LogP contribution in [-0.2, 0) is 9.53 Å². The number of rotatable bonds is 6. The third kappa shape index (κ3) is 5.82. The summed E-state index contributed by atoms with van der Waals surface area (Å²) in [5.41, 5.74) is 5.09. The standard InChI is InChI=1S/C15H20N2O5/c1-9(2)8-21-12-6-4-11(5-7-12)14(19)22-10(3)13(18)17-15(16)20/h4-7,9-10H,8H2,1-3H3,(H3,16,17,18,20)/t10-/m0/s1. The fraction of sp³-hybridized carbons (Fsp3) is 0.400. The van der Waals surface area contributed by atoms with E-state index < -0.39 is 24.0 Å². The van der Waals surface area contributed by atoms with Crippen LogP contribution in [0.1, 0.15) is 31.1 Å². The van der Waals surface area contributed by atoms with Crippen LogP contribution in [0.25, 0.3) is 0 Å². The topological polar surface area (TPSA) is 108 Å². The minimum absolute atomic E-state index is 0.274. The molecule has 1 rings (SSSR count). The highest BCUT2D eigenvalue weighted by Gasteiger charge is 2.19. The van der Waals surface area contributed by atoms with Gasteiger partial charge in [0.25, 0.3) is 5.91 Å². The van der Waals surface area contributed by atoms with Gasteiger partial charge in [-0.25, -0.2) is 9.59 Å². The molecule has 0 saturated heterocycles. The molecular weight excluding hydrogens is 288 g/mol. The highest BCUT2D eigenvalue weighted by atomic mass is 16.5. The third-order valence-corrected chi connectivity index (χ3v) is 2.57. The summed E-state index contributed by atoms with van der Waals surface area (Å²) in [5.74, 6) is -0.417. The molecule has 7 heteroatoms. The van der Waals surface area contributed by atoms with Crippen molar-refractivity contribution in [3.63, 3.8) is 0 Å². The van der Waals surface area contributed by atoms with Crippen molar-refractivity contribution in [1.29, 1.82) is 0 Å². The van der Waals surface area contributed by atoms with Crippen molar-refractivity contribution in [2.75, 3.05) is 6.61 Å². The number of nitrogens with one attached hydrogen (secondary N) is 1. The second kappa shape index (κ2) is 8.02. The number of benzene rings is 1. The number of amides is 3. The number of urea groups is 1. The number of imide groups is 1. The summed E-state index contributed by atoms with van der Waals surface area (Å²) < 4.78 is 10.4. The molecule has 3 amide bonds. The van der Waals surface area contributed by atoms with E-state index in [4.69, 9.17) is 15.2 Å². The number of nitrogens with two attached hydrogens (primary N) is 1. The van der Waals surface area contributed by atoms with Crippen molar-refractivity contribution >= 4 is 17.9 Å². The molecule has 0 radical (unpaired) electrons. The maximum Gasteiger partial charge on any atom is 0.338 e. The number of carbonyl (C=O) groups excluding carboxylic acids is 3. The molecule has 3 N–H and O–H groups in total. The maximum atomic E-state index is 11.9. The van der Waals surface area contributed by atoms with Crippen LogP contribution in [0, 0.1) is 5.92 Å². The lowest BCUT2D eigenvalue weighted by Crippen LogP contribution is -2.42. The van der Waals surface area contributed by atoms with E-state index in [0.717, 1.165) is 0 Å². The second-order valence-electron chi connectivity index (χ2n) is 5.13. The van der Waals surface area contributed by atoms with E-state index in [1.807, 2.05) is 19.2 Å². The van der Waals surface area contributed by atoms with Gasteiger partial charge in [-0.1, -0.05) is 13.8 Å². The second-order valence-corrected chi connectivity index (χ2v) is 5.13. The average molecular weight is 308 g/mol. The summed E-state index contributed by atoms with van der Waals surface area (Å²) in [6.45, 7) is 5.99. The molecule has 120 valence electrons. The van der Waals surface area contributed by atoms with Crippen molar-refractivity contribution in [2.45, 2.75) is 26.9 Å². The first-order chi connectivity index (χ1) is 10.3. The lowest BCUT2D eigenvalue weighted by Gasteiger charge is -2.12. The molecule has 1 aromatic rings. The predicted molar refractivity (Wildman–Crippen MR) is 79.4 cm³/mol. The number of hydrogen-bond donors (Lipinski definition) is 2. The Bertz CT molecular complexity index is 539. The van der Waals surface area contributed by atoms with Gasteiger partial charge < -0.3 is 15.2 Å². The third-order valence-electron chi connectivity index (χ3n) is 2.57. The maximum absolute atomic E-state index is 11.9. The van der Waals surface area contributed by atoms with Gasteiger partial charge in [0.05, 0.1) is 12.2 Å². The van der Waals surface area contributed by atoms with Crippen LogP contribution in [0.2, 0.25) is 0 Å². The molecule has 0 fully saturated rings. The zero-order chi connectivity index (χ0) is 16.7. The Balaban J connectivity index is 2.58. The zero-order valence-electron chi connectivity index (χ0n) is 12.8. The summed E-state index contributed by atoms with van der Waals surface area (Å²) in [5, 5.41) is 1.84. The summed E-state index contributed by atoms with van der Waals surface area (Å²) in [7, 11) is 0. The first kappa shape index (κ1) is 17.5. The van der Waals surface area contributed by atoms with Gasteiger partial charge >= 0.3 is 12.0 Å². The van der Waals surface area contributed by atoms with Crippen LogP contribution in [0.3, 0.4) is 0 Å². The SMILES string of the molecule is CC(C)COc1ccc(C(=O)O[C@@H](C)C(=O)NC(N)=O)cc1. The summed E-state index contributed by atoms with van der Waals surface area (Å²) in [4.78, 5) is 33.8. The molecule has 0 heterocycles. The van der Waals surface area contributed by atoms with Crippen LogP contribution >= 0.6 is 0 Å². The minimum atomic E-state index is -1.13. The molecule has 22 heavy (non-hydrogen) atoms. The molecule has 0 aromatic heterocycles. The van der Waals surface area contributed by atoms with Gasteiger partial charge in [0.15, 0.2) is 6.10 Å². The zero-order valence-corrected chi connectivity index (χ0v) is 12.8. The number of ether oxygens (including phenoxy) is 2. The lowest BCUT2D eigenvalue weighted by atomic mass is 10.2. The summed E-state index contributed by atoms with van der Waals surface area (Å²) >= 11 is 0. The monoisotopic (exact) mass is 308 g/mol. The van der Waals surface area contributed by atoms with Crippen LogP contribution in [-0.4, -0.2) is 30.6 Å². The number of hydrogen-bond acceptors (Lipinski definition) is 5.